The molecule has 1 N–H and O–H groups in total. The van der Waals surface area contributed by atoms with Gasteiger partial charge in [-0.05, 0) is 31.5 Å². The smallest absolute Gasteiger partial charge is 0.0942 e. The Balaban J connectivity index is 2.63. The second-order valence-electron chi connectivity index (χ2n) is 4.75. The molecule has 0 fully saturated rings. The minimum atomic E-state index is -0.460. The first-order valence-corrected chi connectivity index (χ1v) is 6.56. The number of nitrogens with zero attached hydrogens (tertiary/aromatic N) is 1. The van der Waals surface area contributed by atoms with Crippen molar-refractivity contribution in [1.29, 1.82) is 0 Å². The van der Waals surface area contributed by atoms with E-state index in [0.717, 1.165) is 18.5 Å². The standard InChI is InChI=1S/C15H25NO2/c1-5-13-6-8-14(9-7-13)15(17)12(2)16(3)10-11-18-4/h6-9,12,15,17H,5,10-11H2,1-4H3. The maximum atomic E-state index is 10.3. The summed E-state index contributed by atoms with van der Waals surface area (Å²) in [6.45, 7) is 5.67. The lowest BCUT2D eigenvalue weighted by Crippen LogP contribution is -2.36. The van der Waals surface area contributed by atoms with Crippen LogP contribution in [-0.4, -0.2) is 43.4 Å². The molecule has 1 rings (SSSR count). The van der Waals surface area contributed by atoms with E-state index in [1.165, 1.54) is 5.56 Å². The molecule has 102 valence electrons. The van der Waals surface area contributed by atoms with Gasteiger partial charge in [0, 0.05) is 19.7 Å². The van der Waals surface area contributed by atoms with E-state index in [0.29, 0.717) is 6.61 Å². The zero-order valence-corrected chi connectivity index (χ0v) is 11.9. The van der Waals surface area contributed by atoms with Gasteiger partial charge in [0.25, 0.3) is 0 Å². The number of hydrogen-bond acceptors (Lipinski definition) is 3. The zero-order chi connectivity index (χ0) is 13.5. The van der Waals surface area contributed by atoms with Crippen LogP contribution in [0.5, 0.6) is 0 Å². The first-order valence-electron chi connectivity index (χ1n) is 6.56. The molecule has 3 heteroatoms. The molecular weight excluding hydrogens is 226 g/mol. The molecule has 2 unspecified atom stereocenters. The van der Waals surface area contributed by atoms with Crippen molar-refractivity contribution < 1.29 is 9.84 Å². The number of aliphatic hydroxyl groups is 1. The van der Waals surface area contributed by atoms with Crippen LogP contribution >= 0.6 is 0 Å². The predicted octanol–water partition coefficient (Wildman–Crippen LogP) is 2.25. The van der Waals surface area contributed by atoms with Crippen LogP contribution in [0.3, 0.4) is 0 Å². The Morgan fingerprint density at radius 2 is 1.89 bits per heavy atom. The van der Waals surface area contributed by atoms with Gasteiger partial charge in [0.05, 0.1) is 12.7 Å². The highest BCUT2D eigenvalue weighted by atomic mass is 16.5. The molecule has 0 saturated heterocycles. The van der Waals surface area contributed by atoms with Crippen molar-refractivity contribution in [2.24, 2.45) is 0 Å². The third-order valence-electron chi connectivity index (χ3n) is 3.53. The molecule has 0 bridgehead atoms. The van der Waals surface area contributed by atoms with Gasteiger partial charge in [0.1, 0.15) is 0 Å². The van der Waals surface area contributed by atoms with Crippen LogP contribution in [0.4, 0.5) is 0 Å². The van der Waals surface area contributed by atoms with E-state index in [9.17, 15) is 5.11 Å². The number of methoxy groups -OCH3 is 1. The van der Waals surface area contributed by atoms with Crippen LogP contribution in [0.25, 0.3) is 0 Å². The average molecular weight is 251 g/mol. The molecule has 0 aliphatic carbocycles. The molecule has 0 saturated carbocycles. The second-order valence-corrected chi connectivity index (χ2v) is 4.75. The Bertz CT molecular complexity index is 337. The normalized spacial score (nSPS) is 14.8. The van der Waals surface area contributed by atoms with Crippen molar-refractivity contribution in [2.75, 3.05) is 27.3 Å². The fraction of sp³-hybridized carbons (Fsp3) is 0.600. The van der Waals surface area contributed by atoms with E-state index < -0.39 is 6.10 Å². The fourth-order valence-electron chi connectivity index (χ4n) is 1.91. The Kier molecular flexibility index (Phi) is 6.33. The largest absolute Gasteiger partial charge is 0.387 e. The molecule has 0 radical (unpaired) electrons. The highest BCUT2D eigenvalue weighted by Crippen LogP contribution is 2.20. The first kappa shape index (κ1) is 15.2. The van der Waals surface area contributed by atoms with Gasteiger partial charge < -0.3 is 9.84 Å². The van der Waals surface area contributed by atoms with Crippen molar-refractivity contribution in [2.45, 2.75) is 32.4 Å². The van der Waals surface area contributed by atoms with Crippen LogP contribution in [0.15, 0.2) is 24.3 Å². The van der Waals surface area contributed by atoms with E-state index in [4.69, 9.17) is 4.74 Å². The number of benzene rings is 1. The molecule has 18 heavy (non-hydrogen) atoms. The van der Waals surface area contributed by atoms with E-state index in [2.05, 4.69) is 24.0 Å². The summed E-state index contributed by atoms with van der Waals surface area (Å²) in [5.74, 6) is 0. The van der Waals surface area contributed by atoms with Crippen LogP contribution < -0.4 is 0 Å². The molecule has 0 heterocycles. The average Bonchev–Trinajstić information content (AvgIpc) is 2.43. The Labute approximate surface area is 110 Å². The Morgan fingerprint density at radius 1 is 1.28 bits per heavy atom. The lowest BCUT2D eigenvalue weighted by molar-refractivity contribution is 0.0566. The number of rotatable bonds is 7. The third-order valence-corrected chi connectivity index (χ3v) is 3.53. The number of likely N-dealkylation sites (N-methyl/N-ethyl adjacent to an activating group) is 1. The van der Waals surface area contributed by atoms with Crippen molar-refractivity contribution in [3.8, 4) is 0 Å². The van der Waals surface area contributed by atoms with E-state index in [1.54, 1.807) is 7.11 Å². The molecule has 0 aliphatic rings. The molecule has 0 spiro atoms. The van der Waals surface area contributed by atoms with E-state index in [-0.39, 0.29) is 6.04 Å². The second kappa shape index (κ2) is 7.52. The summed E-state index contributed by atoms with van der Waals surface area (Å²) >= 11 is 0. The van der Waals surface area contributed by atoms with Crippen molar-refractivity contribution in [3.05, 3.63) is 35.4 Å². The van der Waals surface area contributed by atoms with Gasteiger partial charge >= 0.3 is 0 Å². The summed E-state index contributed by atoms with van der Waals surface area (Å²) in [4.78, 5) is 2.11. The quantitative estimate of drug-likeness (QED) is 0.807. The molecule has 2 atom stereocenters. The maximum Gasteiger partial charge on any atom is 0.0942 e. The minimum Gasteiger partial charge on any atom is -0.387 e. The molecule has 3 nitrogen and oxygen atoms in total. The molecular formula is C15H25NO2. The molecule has 1 aromatic rings. The fourth-order valence-corrected chi connectivity index (χ4v) is 1.91. The minimum absolute atomic E-state index is 0.0765. The summed E-state index contributed by atoms with van der Waals surface area (Å²) in [6.07, 6.45) is 0.567. The van der Waals surface area contributed by atoms with Crippen LogP contribution in [0.2, 0.25) is 0 Å². The van der Waals surface area contributed by atoms with Crippen molar-refractivity contribution in [1.82, 2.24) is 4.90 Å². The first-order chi connectivity index (χ1) is 8.60. The van der Waals surface area contributed by atoms with Crippen molar-refractivity contribution >= 4 is 0 Å². The van der Waals surface area contributed by atoms with Gasteiger partial charge in [-0.15, -0.1) is 0 Å². The van der Waals surface area contributed by atoms with E-state index >= 15 is 0 Å². The number of hydrogen-bond donors (Lipinski definition) is 1. The van der Waals surface area contributed by atoms with Crippen LogP contribution in [0, 0.1) is 0 Å². The monoisotopic (exact) mass is 251 g/mol. The lowest BCUT2D eigenvalue weighted by atomic mass is 10.0. The summed E-state index contributed by atoms with van der Waals surface area (Å²) in [5, 5.41) is 10.3. The van der Waals surface area contributed by atoms with Gasteiger partial charge in [0.15, 0.2) is 0 Å². The highest BCUT2D eigenvalue weighted by Gasteiger charge is 2.20. The van der Waals surface area contributed by atoms with Gasteiger partial charge in [-0.25, -0.2) is 0 Å². The van der Waals surface area contributed by atoms with Gasteiger partial charge in [-0.3, -0.25) is 4.90 Å². The van der Waals surface area contributed by atoms with Gasteiger partial charge in [-0.1, -0.05) is 31.2 Å². The van der Waals surface area contributed by atoms with Gasteiger partial charge in [0.2, 0.25) is 0 Å². The Morgan fingerprint density at radius 3 is 2.39 bits per heavy atom. The van der Waals surface area contributed by atoms with Crippen molar-refractivity contribution in [3.63, 3.8) is 0 Å². The number of aliphatic hydroxyl groups excluding tert-OH is 1. The summed E-state index contributed by atoms with van der Waals surface area (Å²) in [5.41, 5.74) is 2.27. The number of ether oxygens (including phenoxy) is 1. The molecule has 0 aliphatic heterocycles. The summed E-state index contributed by atoms with van der Waals surface area (Å²) in [7, 11) is 3.70. The van der Waals surface area contributed by atoms with Gasteiger partial charge in [-0.2, -0.15) is 0 Å². The van der Waals surface area contributed by atoms with Crippen LogP contribution in [0.1, 0.15) is 31.1 Å². The summed E-state index contributed by atoms with van der Waals surface area (Å²) in [6, 6.07) is 8.28. The summed E-state index contributed by atoms with van der Waals surface area (Å²) < 4.78 is 5.06. The van der Waals surface area contributed by atoms with Crippen LogP contribution in [-0.2, 0) is 11.2 Å². The topological polar surface area (TPSA) is 32.7 Å². The molecule has 1 aromatic carbocycles. The lowest BCUT2D eigenvalue weighted by Gasteiger charge is -2.29. The zero-order valence-electron chi connectivity index (χ0n) is 11.9. The van der Waals surface area contributed by atoms with E-state index in [1.807, 2.05) is 26.1 Å². The Hall–Kier alpha value is -0.900. The molecule has 0 aromatic heterocycles. The third kappa shape index (κ3) is 4.09. The number of aryl methyl sites for hydroxylation is 1. The predicted molar refractivity (Wildman–Crippen MR) is 74.7 cm³/mol. The SMILES string of the molecule is CCc1ccc(C(O)C(C)N(C)CCOC)cc1. The maximum absolute atomic E-state index is 10.3. The molecule has 0 amide bonds. The highest BCUT2D eigenvalue weighted by molar-refractivity contribution is 5.24.